The third-order valence-electron chi connectivity index (χ3n) is 12.8. The van der Waals surface area contributed by atoms with E-state index in [0.29, 0.717) is 0 Å². The molecule has 0 radical (unpaired) electrons. The highest BCUT2D eigenvalue weighted by Crippen LogP contribution is 2.49. The molecular weight excluding hydrogens is 773 g/mol. The molecule has 12 rings (SSSR count). The molecule has 2 nitrogen and oxygen atoms in total. The lowest BCUT2D eigenvalue weighted by Crippen LogP contribution is -2.12. The van der Waals surface area contributed by atoms with E-state index in [1.54, 1.807) is 0 Å². The maximum absolute atomic E-state index is 2.50. The maximum Gasteiger partial charge on any atom is 0.0547 e. The SMILES string of the molecule is c1ccc(-c2ccccc2-c2ccccc2-c2ccccc2N(c2cccc(-c3cccc4c3c3ccccc3n4-c3ccccc3)c2)c2cc3ccccc3c3ccccc23)cc1. The van der Waals surface area contributed by atoms with Gasteiger partial charge in [-0.15, -0.1) is 0 Å². The van der Waals surface area contributed by atoms with E-state index in [0.717, 1.165) is 33.9 Å². The first-order valence-electron chi connectivity index (χ1n) is 22.0. The Kier molecular flexibility index (Phi) is 9.20. The minimum absolute atomic E-state index is 1.08. The summed E-state index contributed by atoms with van der Waals surface area (Å²) in [5, 5.41) is 7.34. The fourth-order valence-corrected chi connectivity index (χ4v) is 9.99. The Hall–Kier alpha value is -8.46. The van der Waals surface area contributed by atoms with Crippen molar-refractivity contribution in [2.45, 2.75) is 0 Å². The van der Waals surface area contributed by atoms with Crippen LogP contribution in [0.4, 0.5) is 17.1 Å². The van der Waals surface area contributed by atoms with Gasteiger partial charge in [0.15, 0.2) is 0 Å². The minimum atomic E-state index is 1.08. The van der Waals surface area contributed by atoms with Crippen LogP contribution in [0.3, 0.4) is 0 Å². The third-order valence-corrected chi connectivity index (χ3v) is 12.8. The Morgan fingerprint density at radius 2 is 0.797 bits per heavy atom. The molecule has 300 valence electrons. The second-order valence-electron chi connectivity index (χ2n) is 16.4. The van der Waals surface area contributed by atoms with Crippen molar-refractivity contribution in [1.82, 2.24) is 4.57 Å². The molecule has 0 aliphatic heterocycles. The molecule has 0 fully saturated rings. The zero-order valence-corrected chi connectivity index (χ0v) is 35.1. The van der Waals surface area contributed by atoms with E-state index < -0.39 is 0 Å². The summed E-state index contributed by atoms with van der Waals surface area (Å²) >= 11 is 0. The molecular formula is C62H42N2. The monoisotopic (exact) mass is 814 g/mol. The van der Waals surface area contributed by atoms with Crippen LogP contribution in [0, 0.1) is 0 Å². The largest absolute Gasteiger partial charge is 0.309 e. The van der Waals surface area contributed by atoms with E-state index in [1.165, 1.54) is 76.7 Å². The van der Waals surface area contributed by atoms with Crippen molar-refractivity contribution >= 4 is 60.4 Å². The summed E-state index contributed by atoms with van der Waals surface area (Å²) in [5.41, 5.74) is 16.3. The van der Waals surface area contributed by atoms with Crippen LogP contribution in [0.2, 0.25) is 0 Å². The molecule has 12 aromatic rings. The number of benzene rings is 11. The van der Waals surface area contributed by atoms with E-state index in [1.807, 2.05) is 0 Å². The molecule has 2 heteroatoms. The minimum Gasteiger partial charge on any atom is -0.309 e. The molecule has 0 atom stereocenters. The third kappa shape index (κ3) is 6.27. The van der Waals surface area contributed by atoms with Gasteiger partial charge >= 0.3 is 0 Å². The van der Waals surface area contributed by atoms with Gasteiger partial charge in [-0.25, -0.2) is 0 Å². The van der Waals surface area contributed by atoms with E-state index in [-0.39, 0.29) is 0 Å². The first kappa shape index (κ1) is 37.3. The maximum atomic E-state index is 2.50. The average Bonchev–Trinajstić information content (AvgIpc) is 3.72. The van der Waals surface area contributed by atoms with Gasteiger partial charge in [0.25, 0.3) is 0 Å². The Morgan fingerprint density at radius 3 is 1.58 bits per heavy atom. The lowest BCUT2D eigenvalue weighted by atomic mass is 9.88. The number of fused-ring (bicyclic) bond motifs is 6. The molecule has 1 heterocycles. The molecule has 0 saturated carbocycles. The molecule has 0 aliphatic carbocycles. The summed E-state index contributed by atoms with van der Waals surface area (Å²) in [6, 6.07) is 92.8. The van der Waals surface area contributed by atoms with E-state index in [2.05, 4.69) is 264 Å². The van der Waals surface area contributed by atoms with E-state index in [4.69, 9.17) is 0 Å². The van der Waals surface area contributed by atoms with Crippen LogP contribution in [-0.4, -0.2) is 4.57 Å². The summed E-state index contributed by atoms with van der Waals surface area (Å²) in [6.45, 7) is 0. The van der Waals surface area contributed by atoms with Gasteiger partial charge in [0.05, 0.1) is 22.4 Å². The van der Waals surface area contributed by atoms with Gasteiger partial charge in [-0.2, -0.15) is 0 Å². The van der Waals surface area contributed by atoms with Gasteiger partial charge in [-0.3, -0.25) is 0 Å². The van der Waals surface area contributed by atoms with Crippen LogP contribution in [-0.2, 0) is 0 Å². The summed E-state index contributed by atoms with van der Waals surface area (Å²) < 4.78 is 2.40. The normalized spacial score (nSPS) is 11.4. The number of hydrogen-bond donors (Lipinski definition) is 0. The van der Waals surface area contributed by atoms with Gasteiger partial charge < -0.3 is 9.47 Å². The van der Waals surface area contributed by atoms with Crippen molar-refractivity contribution in [3.8, 4) is 50.2 Å². The van der Waals surface area contributed by atoms with Gasteiger partial charge in [-0.1, -0.05) is 206 Å². The summed E-state index contributed by atoms with van der Waals surface area (Å²) in [7, 11) is 0. The second kappa shape index (κ2) is 15.8. The average molecular weight is 815 g/mol. The molecule has 1 aromatic heterocycles. The zero-order chi connectivity index (χ0) is 42.4. The van der Waals surface area contributed by atoms with Crippen molar-refractivity contribution in [3.05, 3.63) is 255 Å². The molecule has 0 aliphatic rings. The molecule has 0 spiro atoms. The van der Waals surface area contributed by atoms with E-state index >= 15 is 0 Å². The van der Waals surface area contributed by atoms with Crippen LogP contribution in [0.5, 0.6) is 0 Å². The number of para-hydroxylation sites is 3. The highest BCUT2D eigenvalue weighted by molar-refractivity contribution is 6.17. The number of hydrogen-bond acceptors (Lipinski definition) is 1. The summed E-state index contributed by atoms with van der Waals surface area (Å²) in [6.07, 6.45) is 0. The van der Waals surface area contributed by atoms with Gasteiger partial charge in [0.1, 0.15) is 0 Å². The highest BCUT2D eigenvalue weighted by atomic mass is 15.1. The molecule has 0 N–H and O–H groups in total. The first-order chi connectivity index (χ1) is 31.8. The lowest BCUT2D eigenvalue weighted by molar-refractivity contribution is 1.18. The van der Waals surface area contributed by atoms with Crippen LogP contribution < -0.4 is 4.90 Å². The quantitative estimate of drug-likeness (QED) is 0.139. The fraction of sp³-hybridized carbons (Fsp3) is 0. The fourth-order valence-electron chi connectivity index (χ4n) is 9.99. The number of anilines is 3. The molecule has 11 aromatic carbocycles. The van der Waals surface area contributed by atoms with Crippen molar-refractivity contribution < 1.29 is 0 Å². The Balaban J connectivity index is 1.12. The van der Waals surface area contributed by atoms with Gasteiger partial charge in [0.2, 0.25) is 0 Å². The molecule has 0 unspecified atom stereocenters. The van der Waals surface area contributed by atoms with E-state index in [9.17, 15) is 0 Å². The Bertz CT molecular complexity index is 3680. The van der Waals surface area contributed by atoms with Crippen LogP contribution in [0.1, 0.15) is 0 Å². The second-order valence-corrected chi connectivity index (χ2v) is 16.4. The molecule has 0 amide bonds. The summed E-state index contributed by atoms with van der Waals surface area (Å²) in [5.74, 6) is 0. The molecule has 0 saturated heterocycles. The standard InChI is InChI=1S/C62H42N2/c1-3-21-43(22-4-1)48-28-9-10-30-51(48)53-32-11-12-33-54(53)55-34-15-17-38-58(55)64(61-42-45-23-7-8-29-49(45)52-31-13-14-35-56(52)61)47-27-19-24-44(41-47)50-37-20-40-60-62(50)57-36-16-18-39-59(57)63(60)46-25-5-2-6-26-46/h1-42H. The Morgan fingerprint density at radius 1 is 0.281 bits per heavy atom. The first-order valence-corrected chi connectivity index (χ1v) is 22.0. The van der Waals surface area contributed by atoms with Crippen LogP contribution in [0.25, 0.3) is 93.5 Å². The molecule has 64 heavy (non-hydrogen) atoms. The van der Waals surface area contributed by atoms with Crippen molar-refractivity contribution in [2.24, 2.45) is 0 Å². The Labute approximate surface area is 373 Å². The van der Waals surface area contributed by atoms with Gasteiger partial charge in [0, 0.05) is 33.1 Å². The number of rotatable bonds is 8. The highest BCUT2D eigenvalue weighted by Gasteiger charge is 2.24. The zero-order valence-electron chi connectivity index (χ0n) is 35.1. The number of aromatic nitrogens is 1. The predicted octanol–water partition coefficient (Wildman–Crippen LogP) is 17.2. The molecule has 0 bridgehead atoms. The van der Waals surface area contributed by atoms with Crippen LogP contribution in [0.15, 0.2) is 255 Å². The van der Waals surface area contributed by atoms with Crippen LogP contribution >= 0.6 is 0 Å². The smallest absolute Gasteiger partial charge is 0.0547 e. The predicted molar refractivity (Wildman–Crippen MR) is 272 cm³/mol. The van der Waals surface area contributed by atoms with Crippen molar-refractivity contribution in [3.63, 3.8) is 0 Å². The lowest BCUT2D eigenvalue weighted by Gasteiger charge is -2.30. The van der Waals surface area contributed by atoms with Crippen molar-refractivity contribution in [2.75, 3.05) is 4.90 Å². The van der Waals surface area contributed by atoms with Gasteiger partial charge in [-0.05, 0) is 104 Å². The van der Waals surface area contributed by atoms with Crippen molar-refractivity contribution in [1.29, 1.82) is 0 Å². The topological polar surface area (TPSA) is 8.17 Å². The number of nitrogens with zero attached hydrogens (tertiary/aromatic N) is 2. The summed E-state index contributed by atoms with van der Waals surface area (Å²) in [4.78, 5) is 2.50.